The first-order valence-corrected chi connectivity index (χ1v) is 6.96. The molecule has 0 spiro atoms. The Balaban J connectivity index is 2.30. The van der Waals surface area contributed by atoms with Crippen LogP contribution in [-0.4, -0.2) is 12.2 Å². The number of nitrogens with two attached hydrogens (primary N) is 1. The fraction of sp³-hybridized carbons (Fsp3) is 0.600. The maximum Gasteiger partial charge on any atom is 0.416 e. The third kappa shape index (κ3) is 2.99. The Kier molecular flexibility index (Phi) is 4.39. The maximum atomic E-state index is 12.8. The van der Waals surface area contributed by atoms with Gasteiger partial charge in [0.25, 0.3) is 0 Å². The van der Waals surface area contributed by atoms with Crippen LogP contribution in [0.25, 0.3) is 0 Å². The summed E-state index contributed by atoms with van der Waals surface area (Å²) in [5, 5.41) is 0. The molecule has 112 valence electrons. The molecule has 1 aliphatic rings. The summed E-state index contributed by atoms with van der Waals surface area (Å²) in [6, 6.07) is 4.75. The zero-order valence-corrected chi connectivity index (χ0v) is 11.5. The Morgan fingerprint density at radius 1 is 1.30 bits per heavy atom. The lowest BCUT2D eigenvalue weighted by Crippen LogP contribution is -2.41. The van der Waals surface area contributed by atoms with Crippen LogP contribution in [0.4, 0.5) is 13.2 Å². The molecule has 5 heteroatoms. The van der Waals surface area contributed by atoms with Crippen LogP contribution in [0.3, 0.4) is 0 Å². The number of hydrogen-bond acceptors (Lipinski definition) is 2. The standard InChI is InChI=1S/C15H20F3NO/c1-2-20-14(8-3-4-9-14)13(19)11-6-5-7-12(10-11)15(16,17)18/h5-7,10,13H,2-4,8-9,19H2,1H3. The first kappa shape index (κ1) is 15.3. The van der Waals surface area contributed by atoms with Crippen molar-refractivity contribution in [1.29, 1.82) is 0 Å². The van der Waals surface area contributed by atoms with Crippen molar-refractivity contribution in [2.75, 3.05) is 6.61 Å². The topological polar surface area (TPSA) is 35.2 Å². The molecule has 0 aromatic heterocycles. The molecule has 1 aromatic rings. The zero-order valence-electron chi connectivity index (χ0n) is 11.5. The maximum absolute atomic E-state index is 12.8. The molecule has 0 bridgehead atoms. The SMILES string of the molecule is CCOC1(C(N)c2cccc(C(F)(F)F)c2)CCCC1. The van der Waals surface area contributed by atoms with Crippen LogP contribution in [0.2, 0.25) is 0 Å². The second-order valence-corrected chi connectivity index (χ2v) is 5.31. The van der Waals surface area contributed by atoms with Gasteiger partial charge in [0.05, 0.1) is 17.2 Å². The predicted molar refractivity (Wildman–Crippen MR) is 71.2 cm³/mol. The van der Waals surface area contributed by atoms with Gasteiger partial charge in [0, 0.05) is 6.61 Å². The lowest BCUT2D eigenvalue weighted by atomic mass is 9.86. The summed E-state index contributed by atoms with van der Waals surface area (Å²) in [7, 11) is 0. The second-order valence-electron chi connectivity index (χ2n) is 5.31. The monoisotopic (exact) mass is 287 g/mol. The highest BCUT2D eigenvalue weighted by atomic mass is 19.4. The minimum Gasteiger partial charge on any atom is -0.373 e. The van der Waals surface area contributed by atoms with Gasteiger partial charge in [-0.2, -0.15) is 13.2 Å². The summed E-state index contributed by atoms with van der Waals surface area (Å²) < 4.78 is 44.2. The first-order valence-electron chi connectivity index (χ1n) is 6.96. The zero-order chi connectivity index (χ0) is 14.8. The van der Waals surface area contributed by atoms with E-state index in [2.05, 4.69) is 0 Å². The van der Waals surface area contributed by atoms with E-state index in [1.54, 1.807) is 6.07 Å². The van der Waals surface area contributed by atoms with Gasteiger partial charge in [-0.1, -0.05) is 25.0 Å². The number of alkyl halides is 3. The summed E-state index contributed by atoms with van der Waals surface area (Å²) in [5.74, 6) is 0. The molecule has 20 heavy (non-hydrogen) atoms. The smallest absolute Gasteiger partial charge is 0.373 e. The van der Waals surface area contributed by atoms with Crippen molar-refractivity contribution in [3.05, 3.63) is 35.4 Å². The number of rotatable bonds is 4. The van der Waals surface area contributed by atoms with E-state index in [0.29, 0.717) is 12.2 Å². The average Bonchev–Trinajstić information content (AvgIpc) is 2.87. The predicted octanol–water partition coefficient (Wildman–Crippen LogP) is 4.05. The molecule has 2 nitrogen and oxygen atoms in total. The van der Waals surface area contributed by atoms with Crippen molar-refractivity contribution in [3.8, 4) is 0 Å². The molecule has 2 rings (SSSR count). The molecule has 0 heterocycles. The molecule has 1 fully saturated rings. The third-order valence-corrected chi connectivity index (χ3v) is 4.02. The van der Waals surface area contributed by atoms with E-state index in [9.17, 15) is 13.2 Å². The van der Waals surface area contributed by atoms with E-state index in [0.717, 1.165) is 37.8 Å². The van der Waals surface area contributed by atoms with Crippen molar-refractivity contribution >= 4 is 0 Å². The van der Waals surface area contributed by atoms with Gasteiger partial charge in [0.1, 0.15) is 0 Å². The summed E-state index contributed by atoms with van der Waals surface area (Å²) >= 11 is 0. The van der Waals surface area contributed by atoms with E-state index in [-0.39, 0.29) is 0 Å². The minimum atomic E-state index is -4.34. The van der Waals surface area contributed by atoms with Gasteiger partial charge in [-0.15, -0.1) is 0 Å². The van der Waals surface area contributed by atoms with Crippen LogP contribution >= 0.6 is 0 Å². The van der Waals surface area contributed by atoms with Crippen LogP contribution in [0.15, 0.2) is 24.3 Å². The molecule has 1 unspecified atom stereocenters. The molecular weight excluding hydrogens is 267 g/mol. The highest BCUT2D eigenvalue weighted by Crippen LogP contribution is 2.42. The molecule has 2 N–H and O–H groups in total. The van der Waals surface area contributed by atoms with Crippen molar-refractivity contribution < 1.29 is 17.9 Å². The van der Waals surface area contributed by atoms with Crippen molar-refractivity contribution in [2.24, 2.45) is 5.73 Å². The molecule has 1 aromatic carbocycles. The van der Waals surface area contributed by atoms with Gasteiger partial charge in [-0.25, -0.2) is 0 Å². The van der Waals surface area contributed by atoms with Crippen LogP contribution in [0.1, 0.15) is 49.8 Å². The van der Waals surface area contributed by atoms with Gasteiger partial charge in [-0.3, -0.25) is 0 Å². The molecule has 0 radical (unpaired) electrons. The Labute approximate surface area is 117 Å². The number of benzene rings is 1. The molecule has 0 aliphatic heterocycles. The van der Waals surface area contributed by atoms with Crippen LogP contribution < -0.4 is 5.73 Å². The van der Waals surface area contributed by atoms with E-state index in [1.807, 2.05) is 6.92 Å². The third-order valence-electron chi connectivity index (χ3n) is 4.02. The number of hydrogen-bond donors (Lipinski definition) is 1. The van der Waals surface area contributed by atoms with Crippen molar-refractivity contribution in [3.63, 3.8) is 0 Å². The highest BCUT2D eigenvalue weighted by molar-refractivity contribution is 5.30. The molecule has 0 saturated heterocycles. The average molecular weight is 287 g/mol. The Morgan fingerprint density at radius 2 is 1.95 bits per heavy atom. The van der Waals surface area contributed by atoms with E-state index >= 15 is 0 Å². The molecule has 1 aliphatic carbocycles. The lowest BCUT2D eigenvalue weighted by Gasteiger charge is -2.35. The Morgan fingerprint density at radius 3 is 2.50 bits per heavy atom. The Bertz CT molecular complexity index is 453. The second kappa shape index (κ2) is 5.74. The van der Waals surface area contributed by atoms with Crippen molar-refractivity contribution in [1.82, 2.24) is 0 Å². The fourth-order valence-electron chi connectivity index (χ4n) is 3.02. The molecular formula is C15H20F3NO. The first-order chi connectivity index (χ1) is 9.39. The summed E-state index contributed by atoms with van der Waals surface area (Å²) in [4.78, 5) is 0. The van der Waals surface area contributed by atoms with Crippen molar-refractivity contribution in [2.45, 2.75) is 50.4 Å². The highest BCUT2D eigenvalue weighted by Gasteiger charge is 2.41. The summed E-state index contributed by atoms with van der Waals surface area (Å²) in [6.45, 7) is 2.41. The van der Waals surface area contributed by atoms with Crippen LogP contribution in [-0.2, 0) is 10.9 Å². The normalized spacial score (nSPS) is 20.1. The van der Waals surface area contributed by atoms with E-state index in [4.69, 9.17) is 10.5 Å². The van der Waals surface area contributed by atoms with E-state index < -0.39 is 23.4 Å². The summed E-state index contributed by atoms with van der Waals surface area (Å²) in [6.07, 6.45) is -0.722. The van der Waals surface area contributed by atoms with Gasteiger partial charge in [-0.05, 0) is 37.5 Å². The fourth-order valence-corrected chi connectivity index (χ4v) is 3.02. The lowest BCUT2D eigenvalue weighted by molar-refractivity contribution is -0.137. The van der Waals surface area contributed by atoms with Gasteiger partial charge in [0.2, 0.25) is 0 Å². The molecule has 0 amide bonds. The largest absolute Gasteiger partial charge is 0.416 e. The minimum absolute atomic E-state index is 0.496. The summed E-state index contributed by atoms with van der Waals surface area (Å²) in [5.41, 5.74) is 5.56. The quantitative estimate of drug-likeness (QED) is 0.906. The van der Waals surface area contributed by atoms with Crippen LogP contribution in [0.5, 0.6) is 0 Å². The molecule has 1 atom stereocenters. The van der Waals surface area contributed by atoms with E-state index in [1.165, 1.54) is 6.07 Å². The van der Waals surface area contributed by atoms with Gasteiger partial charge >= 0.3 is 6.18 Å². The molecule has 1 saturated carbocycles. The number of halogens is 3. The number of ether oxygens (including phenoxy) is 1. The Hall–Kier alpha value is -1.07. The van der Waals surface area contributed by atoms with Gasteiger partial charge in [0.15, 0.2) is 0 Å². The van der Waals surface area contributed by atoms with Gasteiger partial charge < -0.3 is 10.5 Å². The van der Waals surface area contributed by atoms with Crippen LogP contribution in [0, 0.1) is 0 Å².